The van der Waals surface area contributed by atoms with Crippen molar-refractivity contribution < 1.29 is 14.1 Å². The number of nitrogens with zero attached hydrogens (tertiary/aromatic N) is 3. The molecule has 0 spiro atoms. The molecule has 0 aromatic carbocycles. The number of thioether (sulfide) groups is 1. The number of hydrogen-bond donors (Lipinski definition) is 0. The van der Waals surface area contributed by atoms with Crippen LogP contribution in [0.3, 0.4) is 0 Å². The predicted octanol–water partition coefficient (Wildman–Crippen LogP) is 2.53. The first-order valence-corrected chi connectivity index (χ1v) is 8.53. The van der Waals surface area contributed by atoms with Gasteiger partial charge in [0.2, 0.25) is 0 Å². The summed E-state index contributed by atoms with van der Waals surface area (Å²) in [5.74, 6) is 1.40. The molecule has 1 aliphatic rings. The molecule has 3 rings (SSSR count). The summed E-state index contributed by atoms with van der Waals surface area (Å²) in [7, 11) is 0. The first kappa shape index (κ1) is 16.0. The van der Waals surface area contributed by atoms with Crippen LogP contribution in [0.5, 0.6) is 0 Å². The molecule has 1 amide bonds. The number of aromatic nitrogens is 2. The van der Waals surface area contributed by atoms with Crippen LogP contribution in [0.2, 0.25) is 0 Å². The Morgan fingerprint density at radius 3 is 3.13 bits per heavy atom. The van der Waals surface area contributed by atoms with E-state index in [1.807, 2.05) is 30.9 Å². The summed E-state index contributed by atoms with van der Waals surface area (Å²) >= 11 is 1.49. The first-order chi connectivity index (χ1) is 11.1. The maximum absolute atomic E-state index is 12.8. The van der Waals surface area contributed by atoms with Gasteiger partial charge < -0.3 is 14.2 Å². The van der Waals surface area contributed by atoms with Gasteiger partial charge >= 0.3 is 0 Å². The number of morpholine rings is 1. The number of aryl methyl sites for hydroxylation is 1. The molecule has 0 N–H and O–H groups in total. The molecule has 0 radical (unpaired) electrons. The second kappa shape index (κ2) is 7.14. The molecule has 1 atom stereocenters. The number of rotatable bonds is 4. The molecule has 0 bridgehead atoms. The minimum atomic E-state index is 0.00656. The fraction of sp³-hybridized carbons (Fsp3) is 0.438. The molecule has 6 nitrogen and oxygen atoms in total. The molecule has 3 heterocycles. The maximum Gasteiger partial charge on any atom is 0.256 e. The van der Waals surface area contributed by atoms with E-state index in [0.717, 1.165) is 16.5 Å². The fourth-order valence-corrected chi connectivity index (χ4v) is 3.34. The normalized spacial score (nSPS) is 18.2. The Labute approximate surface area is 139 Å². The molecule has 7 heteroatoms. The Balaban J connectivity index is 1.73. The van der Waals surface area contributed by atoms with E-state index in [4.69, 9.17) is 9.26 Å². The largest absolute Gasteiger partial charge is 0.375 e. The minimum absolute atomic E-state index is 0.00656. The van der Waals surface area contributed by atoms with Crippen LogP contribution in [0.25, 0.3) is 0 Å². The van der Waals surface area contributed by atoms with Crippen molar-refractivity contribution in [1.82, 2.24) is 15.0 Å². The van der Waals surface area contributed by atoms with Crippen molar-refractivity contribution in [2.45, 2.75) is 30.7 Å². The molecule has 1 saturated heterocycles. The van der Waals surface area contributed by atoms with Gasteiger partial charge in [0.25, 0.3) is 5.91 Å². The van der Waals surface area contributed by atoms with Crippen molar-refractivity contribution in [2.75, 3.05) is 19.7 Å². The highest BCUT2D eigenvalue weighted by Gasteiger charge is 2.24. The Morgan fingerprint density at radius 2 is 2.39 bits per heavy atom. The van der Waals surface area contributed by atoms with Crippen molar-refractivity contribution in [2.24, 2.45) is 0 Å². The van der Waals surface area contributed by atoms with Crippen molar-refractivity contribution in [3.63, 3.8) is 0 Å². The Kier molecular flexibility index (Phi) is 4.97. The van der Waals surface area contributed by atoms with E-state index in [2.05, 4.69) is 10.1 Å². The fourth-order valence-electron chi connectivity index (χ4n) is 2.47. The topological polar surface area (TPSA) is 68.5 Å². The van der Waals surface area contributed by atoms with Crippen LogP contribution < -0.4 is 0 Å². The van der Waals surface area contributed by atoms with Gasteiger partial charge in [-0.15, -0.1) is 0 Å². The van der Waals surface area contributed by atoms with Crippen molar-refractivity contribution in [3.8, 4) is 0 Å². The molecule has 1 unspecified atom stereocenters. The number of amides is 1. The molecule has 23 heavy (non-hydrogen) atoms. The minimum Gasteiger partial charge on any atom is -0.375 e. The van der Waals surface area contributed by atoms with Gasteiger partial charge in [-0.2, -0.15) is 0 Å². The van der Waals surface area contributed by atoms with Crippen LogP contribution in [-0.4, -0.2) is 46.7 Å². The van der Waals surface area contributed by atoms with E-state index in [-0.39, 0.29) is 12.0 Å². The molecule has 2 aromatic heterocycles. The van der Waals surface area contributed by atoms with Crippen LogP contribution in [-0.2, 0) is 10.5 Å². The lowest BCUT2D eigenvalue weighted by Crippen LogP contribution is -2.44. The lowest BCUT2D eigenvalue weighted by atomic mass is 10.2. The lowest BCUT2D eigenvalue weighted by molar-refractivity contribution is -0.0125. The molecular formula is C16H19N3O3S. The highest BCUT2D eigenvalue weighted by Crippen LogP contribution is 2.25. The second-order valence-electron chi connectivity index (χ2n) is 5.51. The van der Waals surface area contributed by atoms with Gasteiger partial charge in [-0.05, 0) is 26.0 Å². The maximum atomic E-state index is 12.8. The molecule has 0 saturated carbocycles. The summed E-state index contributed by atoms with van der Waals surface area (Å²) in [6, 6.07) is 5.51. The molecule has 0 aliphatic carbocycles. The molecule has 1 fully saturated rings. The zero-order valence-corrected chi connectivity index (χ0v) is 14.0. The van der Waals surface area contributed by atoms with Crippen LogP contribution in [0.4, 0.5) is 0 Å². The van der Waals surface area contributed by atoms with Gasteiger partial charge in [-0.25, -0.2) is 4.98 Å². The Bertz CT molecular complexity index is 689. The summed E-state index contributed by atoms with van der Waals surface area (Å²) in [6.45, 7) is 5.64. The Morgan fingerprint density at radius 1 is 1.52 bits per heavy atom. The van der Waals surface area contributed by atoms with Crippen molar-refractivity contribution in [3.05, 3.63) is 41.4 Å². The molecule has 1 aliphatic heterocycles. The number of carbonyl (C=O) groups is 1. The van der Waals surface area contributed by atoms with Gasteiger partial charge in [0.1, 0.15) is 10.8 Å². The van der Waals surface area contributed by atoms with E-state index in [9.17, 15) is 4.79 Å². The van der Waals surface area contributed by atoms with Crippen molar-refractivity contribution in [1.29, 1.82) is 0 Å². The third-order valence-electron chi connectivity index (χ3n) is 3.56. The number of carbonyl (C=O) groups excluding carboxylic acids is 1. The average molecular weight is 333 g/mol. The first-order valence-electron chi connectivity index (χ1n) is 7.54. The Hall–Kier alpha value is -1.86. The summed E-state index contributed by atoms with van der Waals surface area (Å²) < 4.78 is 10.6. The average Bonchev–Trinajstić information content (AvgIpc) is 2.98. The van der Waals surface area contributed by atoms with Crippen LogP contribution in [0.1, 0.15) is 28.7 Å². The van der Waals surface area contributed by atoms with Crippen LogP contribution >= 0.6 is 11.8 Å². The summed E-state index contributed by atoms with van der Waals surface area (Å²) in [4.78, 5) is 19.0. The van der Waals surface area contributed by atoms with Gasteiger partial charge in [0, 0.05) is 31.1 Å². The summed E-state index contributed by atoms with van der Waals surface area (Å²) in [5.41, 5.74) is 1.48. The van der Waals surface area contributed by atoms with E-state index < -0.39 is 0 Å². The highest BCUT2D eigenvalue weighted by molar-refractivity contribution is 7.98. The van der Waals surface area contributed by atoms with E-state index in [1.54, 1.807) is 12.3 Å². The standard InChI is InChI=1S/C16H19N3O3S/c1-11-8-13(18-22-11)10-23-15-14(4-3-5-17-15)16(20)19-6-7-21-12(2)9-19/h3-5,8,12H,6-7,9-10H2,1-2H3. The summed E-state index contributed by atoms with van der Waals surface area (Å²) in [6.07, 6.45) is 1.77. The quantitative estimate of drug-likeness (QED) is 0.801. The van der Waals surface area contributed by atoms with Crippen LogP contribution in [0.15, 0.2) is 33.9 Å². The van der Waals surface area contributed by atoms with Gasteiger partial charge in [-0.1, -0.05) is 16.9 Å². The SMILES string of the molecule is Cc1cc(CSc2ncccc2C(=O)N2CCOC(C)C2)no1. The van der Waals surface area contributed by atoms with Gasteiger partial charge in [0.15, 0.2) is 0 Å². The monoisotopic (exact) mass is 333 g/mol. The third kappa shape index (κ3) is 3.92. The number of pyridine rings is 1. The number of hydrogen-bond acceptors (Lipinski definition) is 6. The zero-order valence-electron chi connectivity index (χ0n) is 13.2. The molecule has 122 valence electrons. The molecular weight excluding hydrogens is 314 g/mol. The highest BCUT2D eigenvalue weighted by atomic mass is 32.2. The molecule has 2 aromatic rings. The lowest BCUT2D eigenvalue weighted by Gasteiger charge is -2.31. The van der Waals surface area contributed by atoms with Gasteiger partial charge in [0.05, 0.1) is 24.0 Å². The smallest absolute Gasteiger partial charge is 0.256 e. The zero-order chi connectivity index (χ0) is 16.2. The number of ether oxygens (including phenoxy) is 1. The van der Waals surface area contributed by atoms with Crippen molar-refractivity contribution >= 4 is 17.7 Å². The summed E-state index contributed by atoms with van der Waals surface area (Å²) in [5, 5.41) is 4.69. The third-order valence-corrected chi connectivity index (χ3v) is 4.60. The van der Waals surface area contributed by atoms with E-state index >= 15 is 0 Å². The van der Waals surface area contributed by atoms with E-state index in [1.165, 1.54) is 11.8 Å². The van der Waals surface area contributed by atoms with E-state index in [0.29, 0.717) is 31.0 Å². The predicted molar refractivity (Wildman–Crippen MR) is 86.4 cm³/mol. The van der Waals surface area contributed by atoms with Gasteiger partial charge in [-0.3, -0.25) is 4.79 Å². The van der Waals surface area contributed by atoms with Crippen LogP contribution in [0, 0.1) is 6.92 Å². The second-order valence-corrected chi connectivity index (χ2v) is 6.47.